The van der Waals surface area contributed by atoms with Crippen molar-refractivity contribution in [1.82, 2.24) is 5.32 Å². The van der Waals surface area contributed by atoms with E-state index in [-0.39, 0.29) is 0 Å². The molecule has 1 N–H and O–H groups in total. The minimum atomic E-state index is -0.394. The summed E-state index contributed by atoms with van der Waals surface area (Å²) in [5, 5.41) is 2.60. The molecule has 0 saturated carbocycles. The van der Waals surface area contributed by atoms with Crippen LogP contribution < -0.4 is 10.1 Å². The average molecular weight is 205 g/mol. The van der Waals surface area contributed by atoms with E-state index in [1.165, 1.54) is 0 Å². The molecule has 4 nitrogen and oxygen atoms in total. The third kappa shape index (κ3) is 2.28. The first-order valence-corrected chi connectivity index (χ1v) is 4.56. The molecule has 1 aromatic rings. The molecule has 1 saturated heterocycles. The Kier molecular flexibility index (Phi) is 2.58. The van der Waals surface area contributed by atoms with Crippen LogP contribution in [0.2, 0.25) is 0 Å². The van der Waals surface area contributed by atoms with Crippen LogP contribution in [0.15, 0.2) is 30.0 Å². The number of alkyl carbamates (subject to hydrolysis) is 1. The number of amides is 1. The highest BCUT2D eigenvalue weighted by Crippen LogP contribution is 2.14. The van der Waals surface area contributed by atoms with Gasteiger partial charge in [0, 0.05) is 0 Å². The fourth-order valence-electron chi connectivity index (χ4n) is 1.33. The average Bonchev–Trinajstić information content (AvgIpc) is 2.65. The van der Waals surface area contributed by atoms with Gasteiger partial charge in [-0.2, -0.15) is 0 Å². The van der Waals surface area contributed by atoms with Gasteiger partial charge in [0.25, 0.3) is 0 Å². The van der Waals surface area contributed by atoms with Crippen LogP contribution in [0.25, 0.3) is 6.08 Å². The fraction of sp³-hybridized carbons (Fsp3) is 0.182. The van der Waals surface area contributed by atoms with Crippen molar-refractivity contribution in [3.63, 3.8) is 0 Å². The highest BCUT2D eigenvalue weighted by atomic mass is 16.6. The number of hydrogen-bond acceptors (Lipinski definition) is 3. The Hall–Kier alpha value is -1.97. The van der Waals surface area contributed by atoms with E-state index in [0.717, 1.165) is 17.0 Å². The maximum absolute atomic E-state index is 10.7. The summed E-state index contributed by atoms with van der Waals surface area (Å²) >= 11 is 0. The van der Waals surface area contributed by atoms with Gasteiger partial charge in [-0.05, 0) is 23.8 Å². The Bertz CT molecular complexity index is 395. The second-order valence-corrected chi connectivity index (χ2v) is 3.14. The highest BCUT2D eigenvalue weighted by Gasteiger charge is 2.14. The number of carbonyl (C=O) groups excluding carboxylic acids is 1. The molecule has 2 rings (SSSR count). The predicted octanol–water partition coefficient (Wildman–Crippen LogP) is 1.78. The van der Waals surface area contributed by atoms with E-state index in [9.17, 15) is 4.79 Å². The summed E-state index contributed by atoms with van der Waals surface area (Å²) in [7, 11) is 1.62. The first kappa shape index (κ1) is 9.58. The standard InChI is InChI=1S/C11H11NO3/c1-14-10-4-2-8(3-5-10)6-9-7-15-11(13)12-9/h2-6H,7H2,1H3,(H,12,13). The molecule has 78 valence electrons. The second-order valence-electron chi connectivity index (χ2n) is 3.14. The Morgan fingerprint density at radius 3 is 2.67 bits per heavy atom. The van der Waals surface area contributed by atoms with Gasteiger partial charge in [-0.1, -0.05) is 12.1 Å². The lowest BCUT2D eigenvalue weighted by molar-refractivity contribution is 0.179. The van der Waals surface area contributed by atoms with Gasteiger partial charge in [0.1, 0.15) is 12.4 Å². The molecule has 15 heavy (non-hydrogen) atoms. The van der Waals surface area contributed by atoms with Gasteiger partial charge in [0.05, 0.1) is 12.8 Å². The van der Waals surface area contributed by atoms with E-state index in [1.54, 1.807) is 7.11 Å². The van der Waals surface area contributed by atoms with Gasteiger partial charge in [-0.25, -0.2) is 4.79 Å². The normalized spacial score (nSPS) is 17.4. The lowest BCUT2D eigenvalue weighted by Gasteiger charge is -1.99. The molecule has 0 aromatic heterocycles. The zero-order valence-corrected chi connectivity index (χ0v) is 8.32. The van der Waals surface area contributed by atoms with Crippen LogP contribution in [0.3, 0.4) is 0 Å². The maximum atomic E-state index is 10.7. The fourth-order valence-corrected chi connectivity index (χ4v) is 1.33. The topological polar surface area (TPSA) is 47.6 Å². The Labute approximate surface area is 87.5 Å². The summed E-state index contributed by atoms with van der Waals surface area (Å²) in [6.45, 7) is 0.310. The third-order valence-corrected chi connectivity index (χ3v) is 2.08. The van der Waals surface area contributed by atoms with Crippen molar-refractivity contribution < 1.29 is 14.3 Å². The van der Waals surface area contributed by atoms with Crippen LogP contribution >= 0.6 is 0 Å². The van der Waals surface area contributed by atoms with Crippen molar-refractivity contribution in [1.29, 1.82) is 0 Å². The summed E-state index contributed by atoms with van der Waals surface area (Å²) in [6, 6.07) is 7.56. The molecular weight excluding hydrogens is 194 g/mol. The van der Waals surface area contributed by atoms with Crippen LogP contribution in [-0.2, 0) is 4.74 Å². The number of nitrogens with one attached hydrogen (secondary N) is 1. The summed E-state index contributed by atoms with van der Waals surface area (Å²) in [5.41, 5.74) is 1.77. The summed E-state index contributed by atoms with van der Waals surface area (Å²) < 4.78 is 9.78. The molecule has 1 amide bonds. The number of methoxy groups -OCH3 is 1. The largest absolute Gasteiger partial charge is 0.497 e. The zero-order valence-electron chi connectivity index (χ0n) is 8.32. The molecule has 0 radical (unpaired) electrons. The quantitative estimate of drug-likeness (QED) is 0.800. The van der Waals surface area contributed by atoms with Crippen molar-refractivity contribution in [2.45, 2.75) is 0 Å². The molecule has 0 spiro atoms. The number of hydrogen-bond donors (Lipinski definition) is 1. The van der Waals surface area contributed by atoms with Crippen LogP contribution in [0.5, 0.6) is 5.75 Å². The van der Waals surface area contributed by atoms with Crippen molar-refractivity contribution in [3.05, 3.63) is 35.5 Å². The molecule has 0 atom stereocenters. The number of carbonyl (C=O) groups is 1. The van der Waals surface area contributed by atoms with Crippen LogP contribution in [-0.4, -0.2) is 19.8 Å². The molecule has 0 aliphatic carbocycles. The smallest absolute Gasteiger partial charge is 0.411 e. The van der Waals surface area contributed by atoms with Crippen LogP contribution in [0, 0.1) is 0 Å². The summed E-state index contributed by atoms with van der Waals surface area (Å²) in [6.07, 6.45) is 1.47. The van der Waals surface area contributed by atoms with Gasteiger partial charge in [0.15, 0.2) is 0 Å². The molecule has 1 aromatic carbocycles. The SMILES string of the molecule is COc1ccc(C=C2COC(=O)N2)cc1. The first-order chi connectivity index (χ1) is 7.28. The van der Waals surface area contributed by atoms with E-state index < -0.39 is 6.09 Å². The van der Waals surface area contributed by atoms with E-state index in [2.05, 4.69) is 5.32 Å². The lowest BCUT2D eigenvalue weighted by atomic mass is 10.2. The Morgan fingerprint density at radius 2 is 2.13 bits per heavy atom. The lowest BCUT2D eigenvalue weighted by Crippen LogP contribution is -2.10. The maximum Gasteiger partial charge on any atom is 0.411 e. The molecule has 1 heterocycles. The van der Waals surface area contributed by atoms with Crippen molar-refractivity contribution in [2.24, 2.45) is 0 Å². The molecule has 0 bridgehead atoms. The minimum absolute atomic E-state index is 0.310. The second kappa shape index (κ2) is 4.04. The molecular formula is C11H11NO3. The van der Waals surface area contributed by atoms with Gasteiger partial charge in [-0.3, -0.25) is 5.32 Å². The summed E-state index contributed by atoms with van der Waals surface area (Å²) in [4.78, 5) is 10.7. The molecule has 4 heteroatoms. The van der Waals surface area contributed by atoms with Gasteiger partial charge in [0.2, 0.25) is 0 Å². The molecule has 1 aliphatic rings. The number of benzene rings is 1. The zero-order chi connectivity index (χ0) is 10.7. The van der Waals surface area contributed by atoms with Crippen molar-refractivity contribution >= 4 is 12.2 Å². The molecule has 0 unspecified atom stereocenters. The number of ether oxygens (including phenoxy) is 2. The third-order valence-electron chi connectivity index (χ3n) is 2.08. The van der Waals surface area contributed by atoms with Crippen molar-refractivity contribution in [2.75, 3.05) is 13.7 Å². The first-order valence-electron chi connectivity index (χ1n) is 4.56. The van der Waals surface area contributed by atoms with E-state index in [0.29, 0.717) is 6.61 Å². The van der Waals surface area contributed by atoms with E-state index in [1.807, 2.05) is 30.3 Å². The van der Waals surface area contributed by atoms with Crippen molar-refractivity contribution in [3.8, 4) is 5.75 Å². The Balaban J connectivity index is 2.13. The van der Waals surface area contributed by atoms with E-state index in [4.69, 9.17) is 9.47 Å². The Morgan fingerprint density at radius 1 is 1.40 bits per heavy atom. The molecule has 1 aliphatic heterocycles. The van der Waals surface area contributed by atoms with Crippen LogP contribution in [0.1, 0.15) is 5.56 Å². The molecule has 1 fully saturated rings. The number of rotatable bonds is 2. The van der Waals surface area contributed by atoms with Gasteiger partial charge >= 0.3 is 6.09 Å². The van der Waals surface area contributed by atoms with Gasteiger partial charge < -0.3 is 9.47 Å². The monoisotopic (exact) mass is 205 g/mol. The predicted molar refractivity (Wildman–Crippen MR) is 55.5 cm³/mol. The van der Waals surface area contributed by atoms with Crippen LogP contribution in [0.4, 0.5) is 4.79 Å². The van der Waals surface area contributed by atoms with Gasteiger partial charge in [-0.15, -0.1) is 0 Å². The minimum Gasteiger partial charge on any atom is -0.497 e. The highest BCUT2D eigenvalue weighted by molar-refractivity contribution is 5.75. The number of cyclic esters (lactones) is 1. The summed E-state index contributed by atoms with van der Waals surface area (Å²) in [5.74, 6) is 0.809. The van der Waals surface area contributed by atoms with E-state index >= 15 is 0 Å².